The van der Waals surface area contributed by atoms with Crippen molar-refractivity contribution in [2.24, 2.45) is 0 Å². The van der Waals surface area contributed by atoms with E-state index in [4.69, 9.17) is 0 Å². The van der Waals surface area contributed by atoms with Crippen molar-refractivity contribution >= 4 is 35.0 Å². The van der Waals surface area contributed by atoms with Crippen molar-refractivity contribution in [2.45, 2.75) is 13.8 Å². The SMILES string of the molecule is CCOC(=O)C(=O)/C=C(\O)c1cccc(/C(O)=C/C(=O)C(=O)OCC)c1. The van der Waals surface area contributed by atoms with Crippen LogP contribution >= 0.6 is 0 Å². The summed E-state index contributed by atoms with van der Waals surface area (Å²) >= 11 is 0. The van der Waals surface area contributed by atoms with E-state index in [1.165, 1.54) is 38.1 Å². The van der Waals surface area contributed by atoms with E-state index in [0.717, 1.165) is 0 Å². The molecule has 0 saturated carbocycles. The van der Waals surface area contributed by atoms with Crippen molar-refractivity contribution in [2.75, 3.05) is 13.2 Å². The number of aliphatic hydroxyl groups is 2. The Morgan fingerprint density at radius 1 is 0.846 bits per heavy atom. The Kier molecular flexibility index (Phi) is 7.75. The van der Waals surface area contributed by atoms with Gasteiger partial charge in [0.2, 0.25) is 0 Å². The monoisotopic (exact) mass is 362 g/mol. The fourth-order valence-electron chi connectivity index (χ4n) is 1.78. The van der Waals surface area contributed by atoms with Crippen LogP contribution in [0.4, 0.5) is 0 Å². The molecule has 0 radical (unpaired) electrons. The first kappa shape index (κ1) is 20.6. The zero-order chi connectivity index (χ0) is 19.7. The number of ketones is 2. The quantitative estimate of drug-likeness (QED) is 0.310. The number of rotatable bonds is 8. The van der Waals surface area contributed by atoms with E-state index >= 15 is 0 Å². The summed E-state index contributed by atoms with van der Waals surface area (Å²) in [5, 5.41) is 19.9. The summed E-state index contributed by atoms with van der Waals surface area (Å²) in [6.45, 7) is 3.10. The Morgan fingerprint density at radius 2 is 1.23 bits per heavy atom. The lowest BCUT2D eigenvalue weighted by atomic mass is 10.1. The third-order valence-electron chi connectivity index (χ3n) is 2.94. The van der Waals surface area contributed by atoms with Crippen molar-refractivity contribution in [3.8, 4) is 0 Å². The van der Waals surface area contributed by atoms with E-state index < -0.39 is 35.0 Å². The number of hydrogen-bond acceptors (Lipinski definition) is 8. The molecule has 8 heteroatoms. The van der Waals surface area contributed by atoms with Crippen molar-refractivity contribution in [3.63, 3.8) is 0 Å². The Hall–Kier alpha value is -3.42. The normalized spacial score (nSPS) is 11.6. The molecule has 8 nitrogen and oxygen atoms in total. The van der Waals surface area contributed by atoms with Crippen LogP contribution in [-0.2, 0) is 28.7 Å². The van der Waals surface area contributed by atoms with Gasteiger partial charge in [0.25, 0.3) is 11.6 Å². The molecule has 0 aliphatic rings. The summed E-state index contributed by atoms with van der Waals surface area (Å²) < 4.78 is 9.03. The molecule has 0 heterocycles. The maximum atomic E-state index is 11.5. The Bertz CT molecular complexity index is 712. The second-order valence-corrected chi connectivity index (χ2v) is 4.81. The first-order valence-corrected chi connectivity index (χ1v) is 7.64. The molecule has 0 unspecified atom stereocenters. The predicted molar refractivity (Wildman–Crippen MR) is 90.9 cm³/mol. The average Bonchev–Trinajstić information content (AvgIpc) is 2.61. The van der Waals surface area contributed by atoms with Gasteiger partial charge in [-0.05, 0) is 19.9 Å². The van der Waals surface area contributed by atoms with Gasteiger partial charge in [0.15, 0.2) is 0 Å². The lowest BCUT2D eigenvalue weighted by Crippen LogP contribution is -2.15. The van der Waals surface area contributed by atoms with Gasteiger partial charge in [-0.15, -0.1) is 0 Å². The van der Waals surface area contributed by atoms with Crippen molar-refractivity contribution in [1.29, 1.82) is 0 Å². The van der Waals surface area contributed by atoms with Gasteiger partial charge >= 0.3 is 11.9 Å². The molecule has 0 saturated heterocycles. The molecule has 0 aliphatic heterocycles. The van der Waals surface area contributed by atoms with E-state index in [9.17, 15) is 29.4 Å². The number of benzene rings is 1. The molecule has 0 atom stereocenters. The molecule has 26 heavy (non-hydrogen) atoms. The molecule has 0 fully saturated rings. The average molecular weight is 362 g/mol. The summed E-state index contributed by atoms with van der Waals surface area (Å²) in [7, 11) is 0. The summed E-state index contributed by atoms with van der Waals surface area (Å²) in [4.78, 5) is 45.6. The fourth-order valence-corrected chi connectivity index (χ4v) is 1.78. The minimum atomic E-state index is -1.11. The van der Waals surface area contributed by atoms with Gasteiger partial charge in [0.1, 0.15) is 11.5 Å². The topological polar surface area (TPSA) is 127 Å². The standard InChI is InChI=1S/C18H18O8/c1-3-25-17(23)15(21)9-13(19)11-6-5-7-12(8-11)14(20)10-16(22)18(24)26-4-2/h5-10,19-20H,3-4H2,1-2H3/b13-9-,14-10-. The summed E-state index contributed by atoms with van der Waals surface area (Å²) in [5.41, 5.74) is 0.201. The summed E-state index contributed by atoms with van der Waals surface area (Å²) in [6, 6.07) is 5.51. The van der Waals surface area contributed by atoms with Gasteiger partial charge in [-0.2, -0.15) is 0 Å². The predicted octanol–water partition coefficient (Wildman–Crippen LogP) is 1.75. The van der Waals surface area contributed by atoms with Crippen LogP contribution in [0, 0.1) is 0 Å². The van der Waals surface area contributed by atoms with Crippen molar-refractivity contribution < 1.29 is 38.9 Å². The summed E-state index contributed by atoms with van der Waals surface area (Å²) in [5.74, 6) is -5.39. The Morgan fingerprint density at radius 3 is 1.58 bits per heavy atom. The van der Waals surface area contributed by atoms with Gasteiger partial charge in [0.05, 0.1) is 13.2 Å². The van der Waals surface area contributed by atoms with Gasteiger partial charge < -0.3 is 19.7 Å². The molecule has 1 aromatic carbocycles. The molecular formula is C18H18O8. The Labute approximate surface area is 149 Å². The van der Waals surface area contributed by atoms with Crippen molar-refractivity contribution in [3.05, 3.63) is 47.5 Å². The zero-order valence-corrected chi connectivity index (χ0v) is 14.2. The van der Waals surface area contributed by atoms with Crippen LogP contribution < -0.4 is 0 Å². The largest absolute Gasteiger partial charge is 0.507 e. The van der Waals surface area contributed by atoms with Crippen LogP contribution in [0.5, 0.6) is 0 Å². The molecule has 0 amide bonds. The molecule has 0 aromatic heterocycles. The number of hydrogen-bond donors (Lipinski definition) is 2. The van der Waals surface area contributed by atoms with Crippen LogP contribution in [0.2, 0.25) is 0 Å². The van der Waals surface area contributed by atoms with E-state index in [1.807, 2.05) is 0 Å². The molecule has 0 bridgehead atoms. The highest BCUT2D eigenvalue weighted by Gasteiger charge is 2.16. The van der Waals surface area contributed by atoms with Gasteiger partial charge in [0, 0.05) is 23.3 Å². The van der Waals surface area contributed by atoms with Gasteiger partial charge in [-0.25, -0.2) is 9.59 Å². The van der Waals surface area contributed by atoms with Crippen LogP contribution in [-0.4, -0.2) is 46.9 Å². The number of carbonyl (C=O) groups is 4. The van der Waals surface area contributed by atoms with E-state index in [-0.39, 0.29) is 24.3 Å². The van der Waals surface area contributed by atoms with Gasteiger partial charge in [-0.3, -0.25) is 9.59 Å². The van der Waals surface area contributed by atoms with Crippen LogP contribution in [0.25, 0.3) is 11.5 Å². The highest BCUT2D eigenvalue weighted by Crippen LogP contribution is 2.18. The molecule has 0 spiro atoms. The second-order valence-electron chi connectivity index (χ2n) is 4.81. The first-order chi connectivity index (χ1) is 12.3. The minimum Gasteiger partial charge on any atom is -0.507 e. The Balaban J connectivity index is 3.03. The number of aliphatic hydroxyl groups excluding tert-OH is 2. The lowest BCUT2D eigenvalue weighted by Gasteiger charge is -2.05. The van der Waals surface area contributed by atoms with E-state index in [1.54, 1.807) is 0 Å². The highest BCUT2D eigenvalue weighted by molar-refractivity contribution is 6.39. The van der Waals surface area contributed by atoms with E-state index in [0.29, 0.717) is 12.2 Å². The third-order valence-corrected chi connectivity index (χ3v) is 2.94. The highest BCUT2D eigenvalue weighted by atomic mass is 16.5. The molecule has 2 N–H and O–H groups in total. The smallest absolute Gasteiger partial charge is 0.379 e. The maximum Gasteiger partial charge on any atom is 0.379 e. The lowest BCUT2D eigenvalue weighted by molar-refractivity contribution is -0.151. The maximum absolute atomic E-state index is 11.5. The zero-order valence-electron chi connectivity index (χ0n) is 14.2. The molecule has 1 aromatic rings. The summed E-state index contributed by atoms with van der Waals surface area (Å²) in [6.07, 6.45) is 1.36. The van der Waals surface area contributed by atoms with Crippen LogP contribution in [0.15, 0.2) is 36.4 Å². The number of ether oxygens (including phenoxy) is 2. The first-order valence-electron chi connectivity index (χ1n) is 7.64. The number of esters is 2. The minimum absolute atomic E-state index is 0.0157. The van der Waals surface area contributed by atoms with E-state index in [2.05, 4.69) is 9.47 Å². The second kappa shape index (κ2) is 9.77. The van der Waals surface area contributed by atoms with Crippen LogP contribution in [0.3, 0.4) is 0 Å². The molecule has 0 aliphatic carbocycles. The van der Waals surface area contributed by atoms with Crippen LogP contribution in [0.1, 0.15) is 25.0 Å². The molecule has 1 rings (SSSR count). The number of carbonyl (C=O) groups excluding carboxylic acids is 4. The van der Waals surface area contributed by atoms with Gasteiger partial charge in [-0.1, -0.05) is 18.2 Å². The third kappa shape index (κ3) is 5.90. The van der Waals surface area contributed by atoms with Crippen molar-refractivity contribution in [1.82, 2.24) is 0 Å². The molecular weight excluding hydrogens is 344 g/mol. The molecule has 138 valence electrons. The fraction of sp³-hybridized carbons (Fsp3) is 0.222.